The van der Waals surface area contributed by atoms with E-state index >= 15 is 0 Å². The Morgan fingerprint density at radius 2 is 2.14 bits per heavy atom. The number of sulfonamides is 1. The van der Waals surface area contributed by atoms with Gasteiger partial charge >= 0.3 is 0 Å². The van der Waals surface area contributed by atoms with E-state index < -0.39 is 10.0 Å². The van der Waals surface area contributed by atoms with E-state index in [2.05, 4.69) is 27.4 Å². The molecule has 0 aliphatic rings. The van der Waals surface area contributed by atoms with E-state index in [9.17, 15) is 8.42 Å². The van der Waals surface area contributed by atoms with Crippen LogP contribution in [0.4, 0.5) is 0 Å². The summed E-state index contributed by atoms with van der Waals surface area (Å²) in [6.45, 7) is 6.12. The van der Waals surface area contributed by atoms with Gasteiger partial charge in [-0.2, -0.15) is 0 Å². The van der Waals surface area contributed by atoms with Crippen molar-refractivity contribution in [1.82, 2.24) is 9.71 Å². The average Bonchev–Trinajstić information content (AvgIpc) is 2.90. The van der Waals surface area contributed by atoms with Crippen LogP contribution in [0.3, 0.4) is 0 Å². The summed E-state index contributed by atoms with van der Waals surface area (Å²) in [5, 5.41) is 1.11. The van der Waals surface area contributed by atoms with Gasteiger partial charge in [0.1, 0.15) is 19.3 Å². The second kappa shape index (κ2) is 7.07. The maximum absolute atomic E-state index is 11.7. The van der Waals surface area contributed by atoms with Gasteiger partial charge in [-0.25, -0.2) is 17.7 Å². The van der Waals surface area contributed by atoms with Crippen molar-refractivity contribution < 1.29 is 13.0 Å². The van der Waals surface area contributed by atoms with Crippen LogP contribution in [0.2, 0.25) is 0 Å². The van der Waals surface area contributed by atoms with Crippen LogP contribution in [-0.2, 0) is 22.2 Å². The Hall–Kier alpha value is -1.66. The summed E-state index contributed by atoms with van der Waals surface area (Å²) in [7, 11) is -1.80. The van der Waals surface area contributed by atoms with Crippen LogP contribution < -0.4 is 4.72 Å². The fourth-order valence-electron chi connectivity index (χ4n) is 2.55. The molecule has 5 nitrogen and oxygen atoms in total. The van der Waals surface area contributed by atoms with Gasteiger partial charge in [-0.15, -0.1) is 0 Å². The van der Waals surface area contributed by atoms with Crippen molar-refractivity contribution in [2.45, 2.75) is 26.0 Å². The zero-order valence-corrected chi connectivity index (χ0v) is 14.2. The summed E-state index contributed by atoms with van der Waals surface area (Å²) in [6, 6.07) is 5.78. The molecular weight excluding hydrogens is 298 g/mol. The minimum absolute atomic E-state index is 0.00782. The lowest BCUT2D eigenvalue weighted by atomic mass is 10.1. The number of likely N-dealkylation sites (N-methyl/N-ethyl adjacent to an activating group) is 1. The third-order valence-corrected chi connectivity index (χ3v) is 5.27. The van der Waals surface area contributed by atoms with Gasteiger partial charge < -0.3 is 4.98 Å². The predicted octanol–water partition coefficient (Wildman–Crippen LogP) is 1.88. The molecule has 2 rings (SSSR count). The van der Waals surface area contributed by atoms with E-state index in [0.717, 1.165) is 36.0 Å². The summed E-state index contributed by atoms with van der Waals surface area (Å²) >= 11 is 0. The first-order chi connectivity index (χ1) is 10.5. The molecule has 0 atom stereocenters. The second-order valence-corrected chi connectivity index (χ2v) is 7.22. The third kappa shape index (κ3) is 3.96. The summed E-state index contributed by atoms with van der Waals surface area (Å²) < 4.78 is 28.0. The highest BCUT2D eigenvalue weighted by Crippen LogP contribution is 2.21. The zero-order valence-electron chi connectivity index (χ0n) is 13.4. The first-order valence-electron chi connectivity index (χ1n) is 7.52. The van der Waals surface area contributed by atoms with Gasteiger partial charge in [-0.05, 0) is 37.2 Å². The summed E-state index contributed by atoms with van der Waals surface area (Å²) in [5.41, 5.74) is 3.07. The van der Waals surface area contributed by atoms with Crippen LogP contribution >= 0.6 is 0 Å². The SMILES string of the molecule is CC=[N+](CC)CCc1c[nH]c2ccc(CS(=O)(=O)NC)cc12. The van der Waals surface area contributed by atoms with E-state index in [1.54, 1.807) is 0 Å². The molecule has 0 saturated heterocycles. The topological polar surface area (TPSA) is 65.0 Å². The zero-order chi connectivity index (χ0) is 16.2. The van der Waals surface area contributed by atoms with Crippen molar-refractivity contribution in [3.8, 4) is 0 Å². The molecule has 0 amide bonds. The number of rotatable bonds is 7. The van der Waals surface area contributed by atoms with Crippen LogP contribution in [0.5, 0.6) is 0 Å². The molecule has 1 heterocycles. The number of nitrogens with zero attached hydrogens (tertiary/aromatic N) is 1. The average molecular weight is 322 g/mol. The summed E-state index contributed by atoms with van der Waals surface area (Å²) in [6.07, 6.45) is 5.05. The lowest BCUT2D eigenvalue weighted by Crippen LogP contribution is -2.20. The first-order valence-corrected chi connectivity index (χ1v) is 9.18. The number of hydrogen-bond donors (Lipinski definition) is 2. The highest BCUT2D eigenvalue weighted by atomic mass is 32.2. The number of aromatic nitrogens is 1. The molecule has 0 bridgehead atoms. The monoisotopic (exact) mass is 322 g/mol. The van der Waals surface area contributed by atoms with Crippen LogP contribution in [0.15, 0.2) is 24.4 Å². The maximum atomic E-state index is 11.7. The summed E-state index contributed by atoms with van der Waals surface area (Å²) in [4.78, 5) is 3.26. The van der Waals surface area contributed by atoms with Crippen LogP contribution in [-0.4, -0.2) is 44.3 Å². The smallest absolute Gasteiger partial charge is 0.215 e. The third-order valence-electron chi connectivity index (χ3n) is 3.94. The minimum atomic E-state index is -3.24. The first kappa shape index (κ1) is 16.7. The lowest BCUT2D eigenvalue weighted by Gasteiger charge is -2.04. The standard InChI is InChI=1S/C16H24N3O2S/c1-4-19(5-2)9-8-14-11-18-16-7-6-13(10-15(14)16)12-22(20,21)17-3/h4,6-7,10-11,17-18H,5,8-9,12H2,1-3H3/q+1. The molecule has 0 radical (unpaired) electrons. The quantitative estimate of drug-likeness (QED) is 0.604. The molecular formula is C16H24N3O2S+. The van der Waals surface area contributed by atoms with Gasteiger partial charge in [0.2, 0.25) is 10.0 Å². The second-order valence-electron chi connectivity index (χ2n) is 5.29. The van der Waals surface area contributed by atoms with Gasteiger partial charge in [0, 0.05) is 30.4 Å². The molecule has 0 fully saturated rings. The van der Waals surface area contributed by atoms with Crippen LogP contribution in [0.25, 0.3) is 10.9 Å². The highest BCUT2D eigenvalue weighted by molar-refractivity contribution is 7.88. The van der Waals surface area contributed by atoms with Gasteiger partial charge in [-0.1, -0.05) is 6.07 Å². The maximum Gasteiger partial charge on any atom is 0.215 e. The number of H-pyrrole nitrogens is 1. The van der Waals surface area contributed by atoms with Crippen LogP contribution in [0.1, 0.15) is 25.0 Å². The van der Waals surface area contributed by atoms with E-state index in [-0.39, 0.29) is 5.75 Å². The molecule has 2 N–H and O–H groups in total. The molecule has 1 aromatic carbocycles. The Bertz CT molecular complexity index is 776. The molecule has 2 aromatic rings. The fourth-order valence-corrected chi connectivity index (χ4v) is 3.31. The molecule has 0 unspecified atom stereocenters. The normalized spacial score (nSPS) is 13.0. The summed E-state index contributed by atoms with van der Waals surface area (Å²) in [5.74, 6) is 0.00782. The number of nitrogens with one attached hydrogen (secondary N) is 2. The van der Waals surface area contributed by atoms with Gasteiger partial charge in [0.05, 0.1) is 5.75 Å². The van der Waals surface area contributed by atoms with Crippen molar-refractivity contribution in [2.24, 2.45) is 0 Å². The molecule has 120 valence electrons. The molecule has 0 saturated carbocycles. The molecule has 0 spiro atoms. The Kier molecular flexibility index (Phi) is 5.37. The van der Waals surface area contributed by atoms with Crippen LogP contribution in [0, 0.1) is 0 Å². The molecule has 0 aliphatic carbocycles. The largest absolute Gasteiger partial charge is 0.361 e. The number of hydrogen-bond acceptors (Lipinski definition) is 2. The Balaban J connectivity index is 2.25. The van der Waals surface area contributed by atoms with Gasteiger partial charge in [0.15, 0.2) is 0 Å². The molecule has 1 aromatic heterocycles. The van der Waals surface area contributed by atoms with E-state index in [1.165, 1.54) is 12.6 Å². The Morgan fingerprint density at radius 3 is 2.77 bits per heavy atom. The molecule has 6 heteroatoms. The predicted molar refractivity (Wildman–Crippen MR) is 91.1 cm³/mol. The van der Waals surface area contributed by atoms with E-state index in [1.807, 2.05) is 31.3 Å². The van der Waals surface area contributed by atoms with Gasteiger partial charge in [0.25, 0.3) is 0 Å². The fraction of sp³-hybridized carbons (Fsp3) is 0.438. The molecule has 22 heavy (non-hydrogen) atoms. The van der Waals surface area contributed by atoms with Crippen molar-refractivity contribution in [1.29, 1.82) is 0 Å². The lowest BCUT2D eigenvalue weighted by molar-refractivity contribution is -0.519. The molecule has 0 aliphatic heterocycles. The number of fused-ring (bicyclic) bond motifs is 1. The van der Waals surface area contributed by atoms with Crippen molar-refractivity contribution in [2.75, 3.05) is 20.1 Å². The Labute approximate surface area is 132 Å². The van der Waals surface area contributed by atoms with Crippen molar-refractivity contribution in [3.63, 3.8) is 0 Å². The van der Waals surface area contributed by atoms with Crippen molar-refractivity contribution >= 4 is 27.1 Å². The Morgan fingerprint density at radius 1 is 1.36 bits per heavy atom. The number of benzene rings is 1. The minimum Gasteiger partial charge on any atom is -0.361 e. The van der Waals surface area contributed by atoms with Gasteiger partial charge in [-0.3, -0.25) is 0 Å². The number of aromatic amines is 1. The van der Waals surface area contributed by atoms with Crippen molar-refractivity contribution in [3.05, 3.63) is 35.5 Å². The van der Waals surface area contributed by atoms with E-state index in [4.69, 9.17) is 0 Å². The highest BCUT2D eigenvalue weighted by Gasteiger charge is 2.12. The van der Waals surface area contributed by atoms with E-state index in [0.29, 0.717) is 0 Å².